The van der Waals surface area contributed by atoms with Crippen LogP contribution in [0.1, 0.15) is 25.7 Å². The summed E-state index contributed by atoms with van der Waals surface area (Å²) in [5.74, 6) is 0.249. The first-order valence-electron chi connectivity index (χ1n) is 7.47. The summed E-state index contributed by atoms with van der Waals surface area (Å²) in [4.78, 5) is 11.8. The van der Waals surface area contributed by atoms with Gasteiger partial charge in [0.1, 0.15) is 16.4 Å². The van der Waals surface area contributed by atoms with E-state index in [4.69, 9.17) is 9.47 Å². The molecule has 7 nitrogen and oxygen atoms in total. The number of amides is 1. The van der Waals surface area contributed by atoms with Crippen molar-refractivity contribution in [3.8, 4) is 11.5 Å². The van der Waals surface area contributed by atoms with E-state index < -0.39 is 10.0 Å². The molecule has 0 saturated heterocycles. The van der Waals surface area contributed by atoms with Crippen LogP contribution < -0.4 is 19.5 Å². The number of hydrogen-bond acceptors (Lipinski definition) is 5. The van der Waals surface area contributed by atoms with E-state index in [2.05, 4.69) is 10.0 Å². The van der Waals surface area contributed by atoms with Crippen LogP contribution in [0.15, 0.2) is 23.1 Å². The van der Waals surface area contributed by atoms with Gasteiger partial charge in [0.2, 0.25) is 15.9 Å². The monoisotopic (exact) mass is 342 g/mol. The van der Waals surface area contributed by atoms with E-state index in [1.807, 2.05) is 0 Å². The van der Waals surface area contributed by atoms with Gasteiger partial charge < -0.3 is 14.8 Å². The van der Waals surface area contributed by atoms with E-state index in [0.717, 1.165) is 25.7 Å². The maximum absolute atomic E-state index is 12.4. The van der Waals surface area contributed by atoms with Crippen LogP contribution in [0.3, 0.4) is 0 Å². The predicted molar refractivity (Wildman–Crippen MR) is 85.1 cm³/mol. The maximum atomic E-state index is 12.4. The Balaban J connectivity index is 2.04. The van der Waals surface area contributed by atoms with E-state index in [9.17, 15) is 13.2 Å². The second kappa shape index (κ2) is 7.65. The molecule has 0 aromatic heterocycles. The number of sulfonamides is 1. The molecule has 1 amide bonds. The molecule has 1 aliphatic rings. The molecule has 0 spiro atoms. The van der Waals surface area contributed by atoms with Crippen LogP contribution >= 0.6 is 0 Å². The minimum absolute atomic E-state index is 0.0620. The van der Waals surface area contributed by atoms with E-state index in [-0.39, 0.29) is 29.1 Å². The molecule has 8 heteroatoms. The Morgan fingerprint density at radius 3 is 2.52 bits per heavy atom. The van der Waals surface area contributed by atoms with Crippen LogP contribution in [0.5, 0.6) is 11.5 Å². The van der Waals surface area contributed by atoms with E-state index >= 15 is 0 Å². The fraction of sp³-hybridized carbons (Fsp3) is 0.533. The Bertz CT molecular complexity index is 654. The summed E-state index contributed by atoms with van der Waals surface area (Å²) in [6.45, 7) is -0.306. The first kappa shape index (κ1) is 17.6. The molecule has 1 saturated carbocycles. The summed E-state index contributed by atoms with van der Waals surface area (Å²) in [6.07, 6.45) is 4.08. The Kier molecular flexibility index (Phi) is 5.84. The molecule has 0 atom stereocenters. The minimum Gasteiger partial charge on any atom is -0.497 e. The lowest BCUT2D eigenvalue weighted by Gasteiger charge is -2.14. The molecule has 0 aliphatic heterocycles. The molecule has 1 aliphatic carbocycles. The predicted octanol–water partition coefficient (Wildman–Crippen LogP) is 1.04. The van der Waals surface area contributed by atoms with Crippen molar-refractivity contribution in [3.05, 3.63) is 18.2 Å². The molecule has 1 fully saturated rings. The highest BCUT2D eigenvalue weighted by molar-refractivity contribution is 7.89. The first-order chi connectivity index (χ1) is 11.0. The Morgan fingerprint density at radius 1 is 1.22 bits per heavy atom. The Morgan fingerprint density at radius 2 is 1.91 bits per heavy atom. The molecule has 0 heterocycles. The molecular formula is C15H22N2O5S. The Hall–Kier alpha value is -1.80. The van der Waals surface area contributed by atoms with Crippen LogP contribution in [-0.2, 0) is 14.8 Å². The van der Waals surface area contributed by atoms with Crippen molar-refractivity contribution in [3.63, 3.8) is 0 Å². The highest BCUT2D eigenvalue weighted by Crippen LogP contribution is 2.27. The van der Waals surface area contributed by atoms with Gasteiger partial charge in [-0.25, -0.2) is 13.1 Å². The molecule has 128 valence electrons. The van der Waals surface area contributed by atoms with Gasteiger partial charge in [0, 0.05) is 12.1 Å². The zero-order valence-electron chi connectivity index (χ0n) is 13.3. The fourth-order valence-corrected chi connectivity index (χ4v) is 3.75. The van der Waals surface area contributed by atoms with Gasteiger partial charge in [0.05, 0.1) is 20.8 Å². The van der Waals surface area contributed by atoms with Crippen molar-refractivity contribution < 1.29 is 22.7 Å². The largest absolute Gasteiger partial charge is 0.497 e. The molecular weight excluding hydrogens is 320 g/mol. The van der Waals surface area contributed by atoms with Gasteiger partial charge in [-0.05, 0) is 25.0 Å². The molecule has 0 radical (unpaired) electrons. The van der Waals surface area contributed by atoms with Gasteiger partial charge in [-0.15, -0.1) is 0 Å². The van der Waals surface area contributed by atoms with Gasteiger partial charge in [-0.1, -0.05) is 12.8 Å². The third kappa shape index (κ3) is 4.59. The zero-order valence-corrected chi connectivity index (χ0v) is 14.1. The average molecular weight is 342 g/mol. The molecule has 2 N–H and O–H groups in total. The number of carbonyl (C=O) groups is 1. The number of methoxy groups -OCH3 is 2. The summed E-state index contributed by atoms with van der Waals surface area (Å²) in [7, 11) is -1.05. The average Bonchev–Trinajstić information content (AvgIpc) is 3.05. The molecule has 0 unspecified atom stereocenters. The molecule has 1 aromatic rings. The summed E-state index contributed by atoms with van der Waals surface area (Å²) in [6, 6.07) is 4.62. The van der Waals surface area contributed by atoms with Crippen molar-refractivity contribution in [2.75, 3.05) is 20.8 Å². The standard InChI is InChI=1S/C15H22N2O5S/c1-21-12-7-8-13(22-2)14(9-12)23(19,20)16-10-15(18)17-11-5-3-4-6-11/h7-9,11,16H,3-6,10H2,1-2H3,(H,17,18). The third-order valence-corrected chi connectivity index (χ3v) is 5.23. The second-order valence-corrected chi connectivity index (χ2v) is 7.13. The second-order valence-electron chi connectivity index (χ2n) is 5.39. The highest BCUT2D eigenvalue weighted by atomic mass is 32.2. The number of carbonyl (C=O) groups excluding carboxylic acids is 1. The summed E-state index contributed by atoms with van der Waals surface area (Å²) < 4.78 is 37.2. The quantitative estimate of drug-likeness (QED) is 0.772. The van der Waals surface area contributed by atoms with Crippen molar-refractivity contribution in [1.29, 1.82) is 0 Å². The van der Waals surface area contributed by atoms with Crippen molar-refractivity contribution >= 4 is 15.9 Å². The van der Waals surface area contributed by atoms with Gasteiger partial charge in [0.25, 0.3) is 0 Å². The zero-order chi connectivity index (χ0) is 16.9. The SMILES string of the molecule is COc1ccc(OC)c(S(=O)(=O)NCC(=O)NC2CCCC2)c1. The summed E-state index contributed by atoms with van der Waals surface area (Å²) in [5.41, 5.74) is 0. The number of rotatable bonds is 7. The van der Waals surface area contributed by atoms with Crippen LogP contribution in [0, 0.1) is 0 Å². The van der Waals surface area contributed by atoms with Gasteiger partial charge in [-0.2, -0.15) is 0 Å². The molecule has 1 aromatic carbocycles. The molecule has 2 rings (SSSR count). The van der Waals surface area contributed by atoms with Gasteiger partial charge in [0.15, 0.2) is 0 Å². The van der Waals surface area contributed by atoms with Gasteiger partial charge >= 0.3 is 0 Å². The summed E-state index contributed by atoms with van der Waals surface area (Å²) in [5, 5.41) is 2.83. The number of ether oxygens (including phenoxy) is 2. The Labute approximate surface area is 136 Å². The maximum Gasteiger partial charge on any atom is 0.244 e. The molecule has 0 bridgehead atoms. The molecule has 23 heavy (non-hydrogen) atoms. The van der Waals surface area contributed by atoms with Crippen LogP contribution in [0.2, 0.25) is 0 Å². The lowest BCUT2D eigenvalue weighted by atomic mass is 10.2. The van der Waals surface area contributed by atoms with E-state index in [1.165, 1.54) is 26.4 Å². The van der Waals surface area contributed by atoms with E-state index in [1.54, 1.807) is 6.07 Å². The third-order valence-electron chi connectivity index (χ3n) is 3.80. The first-order valence-corrected chi connectivity index (χ1v) is 8.95. The van der Waals surface area contributed by atoms with Gasteiger partial charge in [-0.3, -0.25) is 4.79 Å². The lowest BCUT2D eigenvalue weighted by Crippen LogP contribution is -2.41. The van der Waals surface area contributed by atoms with Crippen molar-refractivity contribution in [2.24, 2.45) is 0 Å². The van der Waals surface area contributed by atoms with Crippen LogP contribution in [-0.4, -0.2) is 41.1 Å². The van der Waals surface area contributed by atoms with Crippen molar-refractivity contribution in [1.82, 2.24) is 10.0 Å². The smallest absolute Gasteiger partial charge is 0.244 e. The topological polar surface area (TPSA) is 93.7 Å². The number of benzene rings is 1. The van der Waals surface area contributed by atoms with Crippen molar-refractivity contribution in [2.45, 2.75) is 36.6 Å². The lowest BCUT2D eigenvalue weighted by molar-refractivity contribution is -0.120. The van der Waals surface area contributed by atoms with Crippen LogP contribution in [0.4, 0.5) is 0 Å². The number of nitrogens with one attached hydrogen (secondary N) is 2. The minimum atomic E-state index is -3.88. The fourth-order valence-electron chi connectivity index (χ4n) is 2.58. The van der Waals surface area contributed by atoms with Crippen LogP contribution in [0.25, 0.3) is 0 Å². The summed E-state index contributed by atoms with van der Waals surface area (Å²) >= 11 is 0. The van der Waals surface area contributed by atoms with E-state index in [0.29, 0.717) is 5.75 Å². The normalized spacial score (nSPS) is 15.4. The number of hydrogen-bond donors (Lipinski definition) is 2. The highest BCUT2D eigenvalue weighted by Gasteiger charge is 2.23.